The highest BCUT2D eigenvalue weighted by molar-refractivity contribution is 7.93. The average molecular weight is 508 g/mol. The second kappa shape index (κ2) is 11.0. The molecule has 2 aromatic carbocycles. The summed E-state index contributed by atoms with van der Waals surface area (Å²) < 4.78 is 34.3. The topological polar surface area (TPSA) is 116 Å². The summed E-state index contributed by atoms with van der Waals surface area (Å²) in [6.45, 7) is 3.62. The van der Waals surface area contributed by atoms with E-state index >= 15 is 0 Å². The second-order valence-electron chi connectivity index (χ2n) is 7.77. The van der Waals surface area contributed by atoms with E-state index in [1.54, 1.807) is 32.0 Å². The zero-order valence-electron chi connectivity index (χ0n) is 18.9. The van der Waals surface area contributed by atoms with Crippen molar-refractivity contribution in [2.24, 2.45) is 5.92 Å². The lowest BCUT2D eigenvalue weighted by Crippen LogP contribution is -2.30. The quantitative estimate of drug-likeness (QED) is 0.342. The smallest absolute Gasteiger partial charge is 0.320 e. The third-order valence-electron chi connectivity index (χ3n) is 5.43. The number of anilines is 1. The van der Waals surface area contributed by atoms with Crippen molar-refractivity contribution in [1.29, 1.82) is 0 Å². The normalized spacial score (nSPS) is 14.5. The molecule has 1 N–H and O–H groups in total. The van der Waals surface area contributed by atoms with Crippen LogP contribution >= 0.6 is 11.6 Å². The first-order chi connectivity index (χ1) is 16.2. The number of carbonyl (C=O) groups excluding carboxylic acids is 3. The van der Waals surface area contributed by atoms with Crippen LogP contribution in [0.25, 0.3) is 0 Å². The standard InChI is InChI=1S/C18H22O5.C6H4ClNO2S/c1-3-22-17(20)15(18(21)23-4-2)11-16(19)14-9-8-12-6-5-7-13(12)10-14;7-5-3-4-1-2-6(5)11(9,10)8-4/h8-10,15H,3-7,11H2,1-2H3;1-3,8H. The molecular formula is C24H26ClNO7S. The summed E-state index contributed by atoms with van der Waals surface area (Å²) in [5, 5.41) is 0.279. The first kappa shape index (κ1) is 25.7. The Morgan fingerprint density at radius 3 is 2.15 bits per heavy atom. The van der Waals surface area contributed by atoms with Crippen molar-refractivity contribution in [1.82, 2.24) is 0 Å². The van der Waals surface area contributed by atoms with Crippen molar-refractivity contribution < 1.29 is 32.3 Å². The summed E-state index contributed by atoms with van der Waals surface area (Å²) in [6.07, 6.45) is 2.88. The molecule has 34 heavy (non-hydrogen) atoms. The number of sulfonamides is 1. The Labute approximate surface area is 203 Å². The van der Waals surface area contributed by atoms with E-state index < -0.39 is 27.9 Å². The number of hydrogen-bond donors (Lipinski definition) is 1. The zero-order chi connectivity index (χ0) is 24.9. The van der Waals surface area contributed by atoms with E-state index in [1.807, 2.05) is 12.1 Å². The van der Waals surface area contributed by atoms with E-state index in [0.717, 1.165) is 19.3 Å². The Kier molecular flexibility index (Phi) is 8.33. The average Bonchev–Trinajstić information content (AvgIpc) is 3.25. The van der Waals surface area contributed by atoms with E-state index in [1.165, 1.54) is 17.2 Å². The maximum absolute atomic E-state index is 12.5. The Bertz CT molecular complexity index is 1190. The van der Waals surface area contributed by atoms with Crippen LogP contribution in [0.2, 0.25) is 5.02 Å². The van der Waals surface area contributed by atoms with Gasteiger partial charge in [-0.15, -0.1) is 0 Å². The monoisotopic (exact) mass is 507 g/mol. The molecule has 5 rings (SSSR count). The zero-order valence-corrected chi connectivity index (χ0v) is 20.5. The van der Waals surface area contributed by atoms with E-state index in [9.17, 15) is 22.8 Å². The van der Waals surface area contributed by atoms with E-state index in [2.05, 4.69) is 4.72 Å². The highest BCUT2D eigenvalue weighted by atomic mass is 35.5. The molecule has 0 saturated heterocycles. The number of fused-ring (bicyclic) bond motifs is 4. The van der Waals surface area contributed by atoms with Gasteiger partial charge in [-0.05, 0) is 68.5 Å². The summed E-state index contributed by atoms with van der Waals surface area (Å²) in [6, 6.07) is 10.3. The highest BCUT2D eigenvalue weighted by Gasteiger charge is 2.32. The lowest BCUT2D eigenvalue weighted by atomic mass is 9.96. The summed E-state index contributed by atoms with van der Waals surface area (Å²) in [4.78, 5) is 36.5. The minimum Gasteiger partial charge on any atom is -0.465 e. The largest absolute Gasteiger partial charge is 0.465 e. The number of rotatable bonds is 7. The minimum absolute atomic E-state index is 0.147. The van der Waals surface area contributed by atoms with Gasteiger partial charge in [0.2, 0.25) is 0 Å². The molecule has 10 heteroatoms. The van der Waals surface area contributed by atoms with Crippen LogP contribution < -0.4 is 4.72 Å². The Balaban J connectivity index is 0.000000243. The van der Waals surface area contributed by atoms with Crippen LogP contribution in [0.3, 0.4) is 0 Å². The van der Waals surface area contributed by atoms with Gasteiger partial charge in [0.25, 0.3) is 10.0 Å². The molecule has 8 nitrogen and oxygen atoms in total. The van der Waals surface area contributed by atoms with Crippen molar-refractivity contribution in [3.63, 3.8) is 0 Å². The SMILES string of the molecule is CCOC(=O)C(CC(=O)c1ccc2c(c1)CCC2)C(=O)OCC.O=S1(=O)Nc2ccc1c(Cl)c2. The molecule has 0 spiro atoms. The van der Waals surface area contributed by atoms with Gasteiger partial charge in [-0.1, -0.05) is 23.7 Å². The number of esters is 2. The molecule has 1 aliphatic carbocycles. The molecule has 0 unspecified atom stereocenters. The fourth-order valence-electron chi connectivity index (χ4n) is 3.79. The first-order valence-electron chi connectivity index (χ1n) is 11.0. The maximum Gasteiger partial charge on any atom is 0.320 e. The fourth-order valence-corrected chi connectivity index (χ4v) is 5.38. The van der Waals surface area contributed by atoms with Gasteiger partial charge in [-0.3, -0.25) is 19.1 Å². The minimum atomic E-state index is -3.33. The van der Waals surface area contributed by atoms with Crippen LogP contribution in [0.15, 0.2) is 41.3 Å². The number of hydrogen-bond acceptors (Lipinski definition) is 7. The number of nitrogens with one attached hydrogen (secondary N) is 1. The van der Waals surface area contributed by atoms with Crippen molar-refractivity contribution in [3.05, 3.63) is 58.1 Å². The van der Waals surface area contributed by atoms with Crippen LogP contribution in [-0.4, -0.2) is 39.4 Å². The van der Waals surface area contributed by atoms with Crippen LogP contribution in [-0.2, 0) is 41.9 Å². The molecule has 0 aromatic heterocycles. The molecule has 0 fully saturated rings. The fraction of sp³-hybridized carbons (Fsp3) is 0.375. The van der Waals surface area contributed by atoms with E-state index in [0.29, 0.717) is 11.3 Å². The number of halogens is 1. The highest BCUT2D eigenvalue weighted by Crippen LogP contribution is 2.31. The number of benzene rings is 2. The van der Waals surface area contributed by atoms with Crippen LogP contribution in [0.1, 0.15) is 48.2 Å². The molecule has 2 heterocycles. The lowest BCUT2D eigenvalue weighted by Gasteiger charge is -2.15. The van der Waals surface area contributed by atoms with Gasteiger partial charge in [0.05, 0.1) is 23.9 Å². The Hall–Kier alpha value is -2.91. The third-order valence-corrected chi connectivity index (χ3v) is 7.29. The van der Waals surface area contributed by atoms with Crippen LogP contribution in [0.5, 0.6) is 0 Å². The van der Waals surface area contributed by atoms with Gasteiger partial charge in [0.15, 0.2) is 11.7 Å². The van der Waals surface area contributed by atoms with E-state index in [-0.39, 0.29) is 35.3 Å². The summed E-state index contributed by atoms with van der Waals surface area (Å²) >= 11 is 5.63. The third kappa shape index (κ3) is 5.95. The lowest BCUT2D eigenvalue weighted by molar-refractivity contribution is -0.161. The van der Waals surface area contributed by atoms with Gasteiger partial charge < -0.3 is 9.47 Å². The van der Waals surface area contributed by atoms with Crippen molar-refractivity contribution in [2.45, 2.75) is 44.4 Å². The summed E-state index contributed by atoms with van der Waals surface area (Å²) in [5.74, 6) is -2.86. The number of ether oxygens (including phenoxy) is 2. The molecule has 2 bridgehead atoms. The van der Waals surface area contributed by atoms with Gasteiger partial charge in [0, 0.05) is 12.0 Å². The summed E-state index contributed by atoms with van der Waals surface area (Å²) in [5.41, 5.74) is 3.50. The van der Waals surface area contributed by atoms with Crippen LogP contribution in [0.4, 0.5) is 5.69 Å². The van der Waals surface area contributed by atoms with Crippen molar-refractivity contribution in [2.75, 3.05) is 17.9 Å². The van der Waals surface area contributed by atoms with E-state index in [4.69, 9.17) is 21.1 Å². The molecule has 3 aliphatic rings. The summed E-state index contributed by atoms with van der Waals surface area (Å²) in [7, 11) is -3.33. The Morgan fingerprint density at radius 1 is 0.971 bits per heavy atom. The molecule has 0 atom stereocenters. The second-order valence-corrected chi connectivity index (χ2v) is 9.83. The molecule has 0 saturated carbocycles. The number of aryl methyl sites for hydroxylation is 2. The number of Topliss-reactive ketones (excluding diaryl/α,β-unsaturated/α-hetero) is 1. The molecule has 0 amide bonds. The van der Waals surface area contributed by atoms with Crippen LogP contribution in [0, 0.1) is 5.92 Å². The van der Waals surface area contributed by atoms with Crippen molar-refractivity contribution >= 4 is 45.0 Å². The molecule has 2 aromatic rings. The first-order valence-corrected chi connectivity index (χ1v) is 12.8. The van der Waals surface area contributed by atoms with Gasteiger partial charge >= 0.3 is 11.9 Å². The maximum atomic E-state index is 12.5. The van der Waals surface area contributed by atoms with Gasteiger partial charge in [-0.25, -0.2) is 8.42 Å². The van der Waals surface area contributed by atoms with Gasteiger partial charge in [-0.2, -0.15) is 0 Å². The molecule has 182 valence electrons. The predicted octanol–water partition coefficient (Wildman–Crippen LogP) is 3.94. The number of carbonyl (C=O) groups is 3. The number of ketones is 1. The predicted molar refractivity (Wildman–Crippen MR) is 126 cm³/mol. The molecule has 0 radical (unpaired) electrons. The van der Waals surface area contributed by atoms with Crippen molar-refractivity contribution in [3.8, 4) is 0 Å². The molecular weight excluding hydrogens is 482 g/mol. The van der Waals surface area contributed by atoms with Gasteiger partial charge in [0.1, 0.15) is 4.90 Å². The molecule has 2 aliphatic heterocycles. The Morgan fingerprint density at radius 2 is 1.62 bits per heavy atom.